The lowest BCUT2D eigenvalue weighted by atomic mass is 10.1. The van der Waals surface area contributed by atoms with Crippen LogP contribution in [0.15, 0.2) is 30.3 Å². The number of benzene rings is 2. The molecule has 5 nitrogen and oxygen atoms in total. The molecule has 0 bridgehead atoms. The molecule has 0 saturated heterocycles. The Morgan fingerprint density at radius 1 is 0.880 bits per heavy atom. The number of halogens is 3. The molecular formula is C17H15F3N2O3. The van der Waals surface area contributed by atoms with Crippen LogP contribution in [0, 0.1) is 0 Å². The lowest BCUT2D eigenvalue weighted by molar-refractivity contribution is -0.137. The van der Waals surface area contributed by atoms with Crippen molar-refractivity contribution in [2.45, 2.75) is 6.18 Å². The van der Waals surface area contributed by atoms with E-state index in [-0.39, 0.29) is 5.52 Å². The number of hydrogen-bond donors (Lipinski definition) is 1. The van der Waals surface area contributed by atoms with Crippen LogP contribution in [-0.2, 0) is 6.18 Å². The van der Waals surface area contributed by atoms with E-state index in [1.165, 1.54) is 27.4 Å². The maximum absolute atomic E-state index is 12.9. The zero-order valence-electron chi connectivity index (χ0n) is 13.7. The molecule has 0 aliphatic heterocycles. The van der Waals surface area contributed by atoms with Crippen molar-refractivity contribution in [3.63, 3.8) is 0 Å². The standard InChI is InChI=1S/C17H15F3N2O3/c1-23-13-8-15(25-3)14(24-2)7-10(13)16-21-11-5-4-9(17(18,19)20)6-12(11)22-16/h4-8H,1-3H3,(H,21,22). The Balaban J connectivity index is 2.15. The summed E-state index contributed by atoms with van der Waals surface area (Å²) < 4.78 is 54.4. The Bertz CT molecular complexity index is 919. The number of aromatic nitrogens is 2. The van der Waals surface area contributed by atoms with Crippen LogP contribution in [0.5, 0.6) is 17.2 Å². The Labute approximate surface area is 141 Å². The fraction of sp³-hybridized carbons (Fsp3) is 0.235. The van der Waals surface area contributed by atoms with Crippen molar-refractivity contribution < 1.29 is 27.4 Å². The fourth-order valence-corrected chi connectivity index (χ4v) is 2.53. The largest absolute Gasteiger partial charge is 0.496 e. The number of ether oxygens (including phenoxy) is 3. The van der Waals surface area contributed by atoms with E-state index < -0.39 is 11.7 Å². The molecule has 2 aromatic carbocycles. The van der Waals surface area contributed by atoms with Crippen LogP contribution in [-0.4, -0.2) is 31.3 Å². The number of alkyl halides is 3. The van der Waals surface area contributed by atoms with E-state index in [0.717, 1.165) is 12.1 Å². The number of H-pyrrole nitrogens is 1. The average Bonchev–Trinajstić information content (AvgIpc) is 3.02. The second-order valence-electron chi connectivity index (χ2n) is 5.22. The predicted molar refractivity (Wildman–Crippen MR) is 86.2 cm³/mol. The topological polar surface area (TPSA) is 56.4 Å². The summed E-state index contributed by atoms with van der Waals surface area (Å²) >= 11 is 0. The molecule has 0 atom stereocenters. The third-order valence-corrected chi connectivity index (χ3v) is 3.77. The number of imidazole rings is 1. The molecular weight excluding hydrogens is 337 g/mol. The number of nitrogens with one attached hydrogen (secondary N) is 1. The minimum Gasteiger partial charge on any atom is -0.496 e. The summed E-state index contributed by atoms with van der Waals surface area (Å²) in [6.07, 6.45) is -4.42. The quantitative estimate of drug-likeness (QED) is 0.762. The number of aromatic amines is 1. The van der Waals surface area contributed by atoms with Gasteiger partial charge in [-0.2, -0.15) is 13.2 Å². The Hall–Kier alpha value is -2.90. The summed E-state index contributed by atoms with van der Waals surface area (Å²) in [5.74, 6) is 1.74. The first-order chi connectivity index (χ1) is 11.9. The van der Waals surface area contributed by atoms with Crippen LogP contribution in [0.4, 0.5) is 13.2 Å². The van der Waals surface area contributed by atoms with Crippen molar-refractivity contribution in [1.82, 2.24) is 9.97 Å². The van der Waals surface area contributed by atoms with Gasteiger partial charge in [-0.25, -0.2) is 4.98 Å². The first-order valence-corrected chi connectivity index (χ1v) is 7.24. The summed E-state index contributed by atoms with van der Waals surface area (Å²) in [6, 6.07) is 6.63. The minimum atomic E-state index is -4.42. The molecule has 0 aliphatic rings. The zero-order chi connectivity index (χ0) is 18.2. The molecule has 3 aromatic rings. The van der Waals surface area contributed by atoms with Gasteiger partial charge in [0.15, 0.2) is 11.5 Å². The highest BCUT2D eigenvalue weighted by Gasteiger charge is 2.30. The molecule has 0 aliphatic carbocycles. The van der Waals surface area contributed by atoms with Gasteiger partial charge in [0.25, 0.3) is 0 Å². The van der Waals surface area contributed by atoms with Gasteiger partial charge in [-0.1, -0.05) is 0 Å². The number of fused-ring (bicyclic) bond motifs is 1. The molecule has 8 heteroatoms. The maximum Gasteiger partial charge on any atom is 0.416 e. The SMILES string of the molecule is COc1cc(OC)c(-c2nc3ccc(C(F)(F)F)cc3[nH]2)cc1OC. The normalized spacial score (nSPS) is 11.6. The van der Waals surface area contributed by atoms with Gasteiger partial charge >= 0.3 is 6.18 Å². The van der Waals surface area contributed by atoms with Crippen molar-refractivity contribution in [3.05, 3.63) is 35.9 Å². The van der Waals surface area contributed by atoms with Gasteiger partial charge in [0, 0.05) is 6.07 Å². The molecule has 25 heavy (non-hydrogen) atoms. The molecule has 0 radical (unpaired) electrons. The average molecular weight is 352 g/mol. The number of hydrogen-bond acceptors (Lipinski definition) is 4. The minimum absolute atomic E-state index is 0.279. The number of methoxy groups -OCH3 is 3. The van der Waals surface area contributed by atoms with Gasteiger partial charge in [0.2, 0.25) is 0 Å². The van der Waals surface area contributed by atoms with Crippen LogP contribution >= 0.6 is 0 Å². The van der Waals surface area contributed by atoms with Crippen molar-refractivity contribution in [2.24, 2.45) is 0 Å². The van der Waals surface area contributed by atoms with Gasteiger partial charge in [-0.15, -0.1) is 0 Å². The molecule has 0 saturated carbocycles. The van der Waals surface area contributed by atoms with E-state index >= 15 is 0 Å². The van der Waals surface area contributed by atoms with E-state index in [9.17, 15) is 13.2 Å². The van der Waals surface area contributed by atoms with Gasteiger partial charge in [0.05, 0.1) is 43.5 Å². The molecule has 3 rings (SSSR count). The summed E-state index contributed by atoms with van der Waals surface area (Å²) in [5.41, 5.74) is 0.501. The van der Waals surface area contributed by atoms with Gasteiger partial charge < -0.3 is 19.2 Å². The molecule has 0 spiro atoms. The van der Waals surface area contributed by atoms with Gasteiger partial charge in [0.1, 0.15) is 11.6 Å². The lowest BCUT2D eigenvalue weighted by Crippen LogP contribution is -2.04. The summed E-state index contributed by atoms with van der Waals surface area (Å²) in [6.45, 7) is 0. The Kier molecular flexibility index (Phi) is 4.20. The molecule has 0 fully saturated rings. The number of nitrogens with zero attached hydrogens (tertiary/aromatic N) is 1. The highest BCUT2D eigenvalue weighted by molar-refractivity contribution is 5.82. The Morgan fingerprint density at radius 3 is 2.12 bits per heavy atom. The molecule has 1 aromatic heterocycles. The van der Waals surface area contributed by atoms with E-state index in [1.807, 2.05) is 0 Å². The maximum atomic E-state index is 12.9. The fourth-order valence-electron chi connectivity index (χ4n) is 2.53. The van der Waals surface area contributed by atoms with E-state index in [4.69, 9.17) is 14.2 Å². The van der Waals surface area contributed by atoms with E-state index in [0.29, 0.717) is 34.2 Å². The van der Waals surface area contributed by atoms with E-state index in [1.54, 1.807) is 12.1 Å². The first kappa shape index (κ1) is 16.9. The summed E-state index contributed by atoms with van der Waals surface area (Å²) in [4.78, 5) is 7.25. The van der Waals surface area contributed by atoms with Gasteiger partial charge in [-0.3, -0.25) is 0 Å². The smallest absolute Gasteiger partial charge is 0.416 e. The molecule has 0 amide bonds. The predicted octanol–water partition coefficient (Wildman–Crippen LogP) is 4.27. The van der Waals surface area contributed by atoms with Crippen molar-refractivity contribution in [1.29, 1.82) is 0 Å². The van der Waals surface area contributed by atoms with Gasteiger partial charge in [-0.05, 0) is 24.3 Å². The van der Waals surface area contributed by atoms with Crippen LogP contribution in [0.3, 0.4) is 0 Å². The third kappa shape index (κ3) is 3.07. The molecule has 0 unspecified atom stereocenters. The van der Waals surface area contributed by atoms with Crippen molar-refractivity contribution in [3.8, 4) is 28.6 Å². The third-order valence-electron chi connectivity index (χ3n) is 3.77. The monoisotopic (exact) mass is 352 g/mol. The van der Waals surface area contributed by atoms with E-state index in [2.05, 4.69) is 9.97 Å². The van der Waals surface area contributed by atoms with Crippen LogP contribution in [0.25, 0.3) is 22.4 Å². The Morgan fingerprint density at radius 2 is 1.52 bits per heavy atom. The van der Waals surface area contributed by atoms with Crippen molar-refractivity contribution >= 4 is 11.0 Å². The number of rotatable bonds is 4. The highest BCUT2D eigenvalue weighted by Crippen LogP contribution is 2.40. The lowest BCUT2D eigenvalue weighted by Gasteiger charge is -2.12. The van der Waals surface area contributed by atoms with Crippen LogP contribution in [0.2, 0.25) is 0 Å². The van der Waals surface area contributed by atoms with Crippen LogP contribution < -0.4 is 14.2 Å². The first-order valence-electron chi connectivity index (χ1n) is 7.24. The second-order valence-corrected chi connectivity index (χ2v) is 5.22. The molecule has 1 heterocycles. The summed E-state index contributed by atoms with van der Waals surface area (Å²) in [5, 5.41) is 0. The second kappa shape index (κ2) is 6.19. The highest BCUT2D eigenvalue weighted by atomic mass is 19.4. The van der Waals surface area contributed by atoms with Crippen LogP contribution in [0.1, 0.15) is 5.56 Å². The summed E-state index contributed by atoms with van der Waals surface area (Å²) in [7, 11) is 4.47. The van der Waals surface area contributed by atoms with Crippen molar-refractivity contribution in [2.75, 3.05) is 21.3 Å². The zero-order valence-corrected chi connectivity index (χ0v) is 13.7. The molecule has 132 valence electrons. The molecule has 1 N–H and O–H groups in total.